The molecule has 0 saturated carbocycles. The maximum absolute atomic E-state index is 11.4. The first-order chi connectivity index (χ1) is 11.0. The van der Waals surface area contributed by atoms with E-state index >= 15 is 0 Å². The number of carboxylic acids is 1. The van der Waals surface area contributed by atoms with Gasteiger partial charge in [0, 0.05) is 23.5 Å². The summed E-state index contributed by atoms with van der Waals surface area (Å²) in [4.78, 5) is 19.9. The molecule has 0 fully saturated rings. The zero-order valence-electron chi connectivity index (χ0n) is 13.8. The smallest absolute Gasteiger partial charge is 0.549 e. The van der Waals surface area contributed by atoms with E-state index in [1.165, 1.54) is 13.8 Å². The molecule has 24 heavy (non-hydrogen) atoms. The summed E-state index contributed by atoms with van der Waals surface area (Å²) in [6.07, 6.45) is 3.32. The van der Waals surface area contributed by atoms with Crippen LogP contribution in [0.25, 0.3) is 22.6 Å². The Morgan fingerprint density at radius 3 is 2.33 bits per heavy atom. The van der Waals surface area contributed by atoms with Crippen molar-refractivity contribution in [3.05, 3.63) is 60.7 Å². The Balaban J connectivity index is 0.00000208. The van der Waals surface area contributed by atoms with Crippen LogP contribution in [0.4, 0.5) is 0 Å². The number of hydrogen-bond donors (Lipinski definition) is 0. The predicted molar refractivity (Wildman–Crippen MR) is 83.2 cm³/mol. The molecule has 5 nitrogen and oxygen atoms in total. The minimum atomic E-state index is -1.33. The maximum atomic E-state index is 11.4. The van der Waals surface area contributed by atoms with Crippen molar-refractivity contribution in [2.24, 2.45) is 0 Å². The first-order valence-electron chi connectivity index (χ1n) is 7.18. The van der Waals surface area contributed by atoms with E-state index in [4.69, 9.17) is 4.42 Å². The minimum absolute atomic E-state index is 0. The van der Waals surface area contributed by atoms with Crippen LogP contribution in [0.3, 0.4) is 0 Å². The van der Waals surface area contributed by atoms with E-state index < -0.39 is 11.4 Å². The monoisotopic (exact) mass is 330 g/mol. The molecule has 0 N–H and O–H groups in total. The normalized spacial score (nSPS) is 10.9. The molecule has 6 heteroatoms. The summed E-state index contributed by atoms with van der Waals surface area (Å²) in [7, 11) is 0. The van der Waals surface area contributed by atoms with Crippen molar-refractivity contribution in [1.29, 1.82) is 0 Å². The predicted octanol–water partition coefficient (Wildman–Crippen LogP) is -0.565. The summed E-state index contributed by atoms with van der Waals surface area (Å²) in [6, 6.07) is 13.1. The number of carbonyl (C=O) groups is 1. The van der Waals surface area contributed by atoms with Gasteiger partial charge in [-0.05, 0) is 26.0 Å². The van der Waals surface area contributed by atoms with E-state index in [0.717, 1.165) is 11.1 Å². The van der Waals surface area contributed by atoms with Gasteiger partial charge in [0.05, 0.1) is 11.4 Å². The summed E-state index contributed by atoms with van der Waals surface area (Å²) >= 11 is 0. The van der Waals surface area contributed by atoms with Gasteiger partial charge in [-0.3, -0.25) is 4.98 Å². The Kier molecular flexibility index (Phi) is 5.59. The molecule has 0 bridgehead atoms. The molecule has 0 atom stereocenters. The second kappa shape index (κ2) is 7.30. The van der Waals surface area contributed by atoms with E-state index in [0.29, 0.717) is 11.5 Å². The van der Waals surface area contributed by atoms with Crippen LogP contribution in [-0.2, 0) is 10.2 Å². The molecule has 2 aromatic heterocycles. The third-order valence-electron chi connectivity index (χ3n) is 3.64. The zero-order valence-corrected chi connectivity index (χ0v) is 15.8. The van der Waals surface area contributed by atoms with Gasteiger partial charge in [0.1, 0.15) is 5.69 Å². The molecule has 3 aromatic rings. The summed E-state index contributed by atoms with van der Waals surface area (Å²) in [5.74, 6) is -0.639. The van der Waals surface area contributed by atoms with Crippen LogP contribution in [0.1, 0.15) is 19.7 Å². The van der Waals surface area contributed by atoms with Crippen molar-refractivity contribution in [1.82, 2.24) is 9.97 Å². The minimum Gasteiger partial charge on any atom is -0.549 e. The first-order valence-corrected chi connectivity index (χ1v) is 7.18. The molecule has 0 aliphatic heterocycles. The Hall–Kier alpha value is -1.95. The van der Waals surface area contributed by atoms with Crippen molar-refractivity contribution >= 4 is 5.97 Å². The Labute approximate surface area is 162 Å². The number of pyridine rings is 1. The van der Waals surface area contributed by atoms with Crippen LogP contribution in [0.2, 0.25) is 0 Å². The second-order valence-corrected chi connectivity index (χ2v) is 5.72. The molecular weight excluding hydrogens is 315 g/mol. The number of oxazole rings is 1. The number of carboxylic acid groups (broad SMARTS) is 1. The molecule has 0 spiro atoms. The summed E-state index contributed by atoms with van der Waals surface area (Å²) in [5, 5.41) is 11.4. The van der Waals surface area contributed by atoms with Gasteiger partial charge in [-0.1, -0.05) is 30.3 Å². The summed E-state index contributed by atoms with van der Waals surface area (Å²) in [5.41, 5.74) is 0.835. The van der Waals surface area contributed by atoms with Gasteiger partial charge in [0.25, 0.3) is 0 Å². The number of carbonyl (C=O) groups excluding carboxylic acids is 1. The molecular formula is C18H15N2NaO3. The van der Waals surface area contributed by atoms with Crippen molar-refractivity contribution in [3.63, 3.8) is 0 Å². The van der Waals surface area contributed by atoms with Crippen LogP contribution in [0.5, 0.6) is 0 Å². The van der Waals surface area contributed by atoms with Crippen molar-refractivity contribution in [2.75, 3.05) is 0 Å². The van der Waals surface area contributed by atoms with Crippen molar-refractivity contribution < 1.29 is 43.9 Å². The van der Waals surface area contributed by atoms with E-state index in [9.17, 15) is 9.90 Å². The standard InChI is InChI=1S/C18H16N2O3.Na/c1-18(2,17(21)22)16-20-14(12-7-4-3-5-8-12)15(23-16)13-9-6-10-19-11-13;/h3-11H,1-2H3,(H,21,22);/q;+1/p-1. The molecule has 0 radical (unpaired) electrons. The van der Waals surface area contributed by atoms with E-state index in [-0.39, 0.29) is 35.4 Å². The number of hydrogen-bond acceptors (Lipinski definition) is 5. The molecule has 116 valence electrons. The van der Waals surface area contributed by atoms with E-state index in [2.05, 4.69) is 9.97 Å². The fraction of sp³-hybridized carbons (Fsp3) is 0.167. The number of benzene rings is 1. The molecule has 0 aliphatic carbocycles. The number of nitrogens with zero attached hydrogens (tertiary/aromatic N) is 2. The molecule has 0 unspecified atom stereocenters. The third kappa shape index (κ3) is 3.43. The van der Waals surface area contributed by atoms with E-state index in [1.54, 1.807) is 18.5 Å². The quantitative estimate of drug-likeness (QED) is 0.599. The maximum Gasteiger partial charge on any atom is 1.00 e. The van der Waals surface area contributed by atoms with Gasteiger partial charge in [0.15, 0.2) is 5.76 Å². The fourth-order valence-electron chi connectivity index (χ4n) is 2.16. The molecule has 3 rings (SSSR count). The van der Waals surface area contributed by atoms with Crippen LogP contribution in [0, 0.1) is 0 Å². The topological polar surface area (TPSA) is 79.0 Å². The Morgan fingerprint density at radius 1 is 1.08 bits per heavy atom. The second-order valence-electron chi connectivity index (χ2n) is 5.72. The zero-order chi connectivity index (χ0) is 16.4. The average molecular weight is 330 g/mol. The Bertz CT molecular complexity index is 773. The molecule has 0 aliphatic rings. The van der Waals surface area contributed by atoms with Gasteiger partial charge in [-0.15, -0.1) is 0 Å². The van der Waals surface area contributed by atoms with Crippen LogP contribution in [0.15, 0.2) is 59.3 Å². The fourth-order valence-corrected chi connectivity index (χ4v) is 2.16. The van der Waals surface area contributed by atoms with Gasteiger partial charge in [-0.2, -0.15) is 0 Å². The summed E-state index contributed by atoms with van der Waals surface area (Å²) < 4.78 is 5.81. The third-order valence-corrected chi connectivity index (χ3v) is 3.64. The number of aliphatic carboxylic acids is 1. The van der Waals surface area contributed by atoms with Gasteiger partial charge < -0.3 is 14.3 Å². The first kappa shape index (κ1) is 18.4. The van der Waals surface area contributed by atoms with E-state index in [1.807, 2.05) is 36.4 Å². The molecule has 0 amide bonds. The van der Waals surface area contributed by atoms with Crippen LogP contribution < -0.4 is 34.7 Å². The average Bonchev–Trinajstić information content (AvgIpc) is 3.02. The Morgan fingerprint density at radius 2 is 1.75 bits per heavy atom. The van der Waals surface area contributed by atoms with Gasteiger partial charge >= 0.3 is 29.6 Å². The largest absolute Gasteiger partial charge is 1.00 e. The molecule has 2 heterocycles. The molecule has 0 saturated heterocycles. The van der Waals surface area contributed by atoms with Gasteiger partial charge in [0.2, 0.25) is 5.89 Å². The van der Waals surface area contributed by atoms with Crippen LogP contribution in [-0.4, -0.2) is 15.9 Å². The van der Waals surface area contributed by atoms with Crippen LogP contribution >= 0.6 is 0 Å². The SMILES string of the molecule is CC(C)(C(=O)[O-])c1nc(-c2ccccc2)c(-c2cccnc2)o1.[Na+]. The number of rotatable bonds is 4. The van der Waals surface area contributed by atoms with Crippen molar-refractivity contribution in [3.8, 4) is 22.6 Å². The van der Waals surface area contributed by atoms with Gasteiger partial charge in [-0.25, -0.2) is 4.98 Å². The number of aromatic nitrogens is 2. The summed E-state index contributed by atoms with van der Waals surface area (Å²) in [6.45, 7) is 3.02. The molecule has 1 aromatic carbocycles. The van der Waals surface area contributed by atoms with Crippen molar-refractivity contribution in [2.45, 2.75) is 19.3 Å².